The van der Waals surface area contributed by atoms with Gasteiger partial charge in [0.25, 0.3) is 6.29 Å². The van der Waals surface area contributed by atoms with E-state index in [1.807, 2.05) is 60.9 Å². The van der Waals surface area contributed by atoms with Crippen molar-refractivity contribution in [1.82, 2.24) is 4.98 Å². The number of para-hydroxylation sites is 1. The van der Waals surface area contributed by atoms with E-state index >= 15 is 0 Å². The zero-order valence-electron chi connectivity index (χ0n) is 9.63. The van der Waals surface area contributed by atoms with Crippen LogP contribution in [0.3, 0.4) is 0 Å². The van der Waals surface area contributed by atoms with Gasteiger partial charge in [0, 0.05) is 10.9 Å². The van der Waals surface area contributed by atoms with Gasteiger partial charge in [-0.15, -0.1) is 0 Å². The van der Waals surface area contributed by atoms with Crippen molar-refractivity contribution in [2.45, 2.75) is 0 Å². The van der Waals surface area contributed by atoms with Crippen LogP contribution in [0.15, 0.2) is 60.7 Å². The molecule has 1 aromatic heterocycles. The monoisotopic (exact) mass is 232 g/mol. The molecule has 2 nitrogen and oxygen atoms in total. The highest BCUT2D eigenvalue weighted by molar-refractivity contribution is 5.95. The Hall–Kier alpha value is -2.48. The fourth-order valence-electron chi connectivity index (χ4n) is 2.05. The third-order valence-electron chi connectivity index (χ3n) is 2.91. The summed E-state index contributed by atoms with van der Waals surface area (Å²) in [5.41, 5.74) is 3.30. The smallest absolute Gasteiger partial charge is 0.253 e. The van der Waals surface area contributed by atoms with Gasteiger partial charge in [-0.05, 0) is 11.6 Å². The van der Waals surface area contributed by atoms with Gasteiger partial charge in [-0.25, -0.2) is 4.98 Å². The standard InChI is InChI=1S/C16H10NO/c18-11-14-10-9-13-7-4-8-15(16(13)17-14)12-5-2-1-3-6-12/h1-10H. The first-order valence-electron chi connectivity index (χ1n) is 5.72. The van der Waals surface area contributed by atoms with Gasteiger partial charge >= 0.3 is 0 Å². The molecule has 3 aromatic rings. The average molecular weight is 232 g/mol. The lowest BCUT2D eigenvalue weighted by atomic mass is 10.0. The zero-order chi connectivity index (χ0) is 12.4. The molecule has 0 unspecified atom stereocenters. The first-order valence-corrected chi connectivity index (χ1v) is 5.72. The molecule has 1 heterocycles. The van der Waals surface area contributed by atoms with Crippen molar-refractivity contribution >= 4 is 17.2 Å². The van der Waals surface area contributed by atoms with Gasteiger partial charge in [-0.1, -0.05) is 54.6 Å². The fourth-order valence-corrected chi connectivity index (χ4v) is 2.05. The molecule has 2 heteroatoms. The second kappa shape index (κ2) is 4.41. The van der Waals surface area contributed by atoms with E-state index in [1.54, 1.807) is 6.07 Å². The minimum Gasteiger partial charge on any atom is -0.283 e. The van der Waals surface area contributed by atoms with E-state index in [9.17, 15) is 4.79 Å². The number of hydrogen-bond acceptors (Lipinski definition) is 2. The molecule has 0 spiro atoms. The second-order valence-electron chi connectivity index (χ2n) is 4.04. The highest BCUT2D eigenvalue weighted by atomic mass is 16.1. The molecule has 0 amide bonds. The lowest BCUT2D eigenvalue weighted by Gasteiger charge is -2.06. The maximum absolute atomic E-state index is 10.7. The molecule has 0 saturated heterocycles. The van der Waals surface area contributed by atoms with E-state index < -0.39 is 0 Å². The van der Waals surface area contributed by atoms with Gasteiger partial charge < -0.3 is 0 Å². The molecular weight excluding hydrogens is 222 g/mol. The van der Waals surface area contributed by atoms with Crippen molar-refractivity contribution < 1.29 is 4.79 Å². The summed E-state index contributed by atoms with van der Waals surface area (Å²) in [5.74, 6) is 0. The molecule has 0 bridgehead atoms. The van der Waals surface area contributed by atoms with Crippen LogP contribution >= 0.6 is 0 Å². The van der Waals surface area contributed by atoms with Gasteiger partial charge in [-0.2, -0.15) is 0 Å². The van der Waals surface area contributed by atoms with Crippen molar-refractivity contribution in [3.63, 3.8) is 0 Å². The van der Waals surface area contributed by atoms with Gasteiger partial charge in [0.2, 0.25) is 0 Å². The van der Waals surface area contributed by atoms with Crippen molar-refractivity contribution in [1.29, 1.82) is 0 Å². The molecule has 18 heavy (non-hydrogen) atoms. The van der Waals surface area contributed by atoms with Gasteiger partial charge in [-0.3, -0.25) is 4.79 Å². The third-order valence-corrected chi connectivity index (χ3v) is 2.91. The van der Waals surface area contributed by atoms with E-state index in [1.165, 1.54) is 0 Å². The third kappa shape index (κ3) is 1.78. The largest absolute Gasteiger partial charge is 0.283 e. The summed E-state index contributed by atoms with van der Waals surface area (Å²) in [6.45, 7) is 0. The van der Waals surface area contributed by atoms with Crippen LogP contribution in [0.2, 0.25) is 0 Å². The Balaban J connectivity index is 2.32. The summed E-state index contributed by atoms with van der Waals surface area (Å²) in [7, 11) is 0. The quantitative estimate of drug-likeness (QED) is 0.678. The zero-order valence-corrected chi connectivity index (χ0v) is 9.63. The molecule has 0 aliphatic rings. The van der Waals surface area contributed by atoms with E-state index in [2.05, 4.69) is 4.98 Å². The van der Waals surface area contributed by atoms with E-state index in [0.717, 1.165) is 22.0 Å². The van der Waals surface area contributed by atoms with E-state index in [0.29, 0.717) is 5.69 Å². The molecule has 85 valence electrons. The van der Waals surface area contributed by atoms with Crippen LogP contribution in [-0.2, 0) is 4.79 Å². The summed E-state index contributed by atoms with van der Waals surface area (Å²) < 4.78 is 0. The highest BCUT2D eigenvalue weighted by Gasteiger charge is 2.05. The van der Waals surface area contributed by atoms with Crippen LogP contribution in [0.4, 0.5) is 0 Å². The van der Waals surface area contributed by atoms with Crippen molar-refractivity contribution in [2.75, 3.05) is 0 Å². The van der Waals surface area contributed by atoms with E-state index in [-0.39, 0.29) is 0 Å². The number of pyridine rings is 1. The Labute approximate surface area is 105 Å². The number of aromatic nitrogens is 1. The fraction of sp³-hybridized carbons (Fsp3) is 0. The first kappa shape index (κ1) is 10.7. The minimum atomic E-state index is 0.339. The molecule has 0 aliphatic carbocycles. The number of benzene rings is 2. The molecule has 0 atom stereocenters. The van der Waals surface area contributed by atoms with Crippen LogP contribution in [0.1, 0.15) is 5.69 Å². The van der Waals surface area contributed by atoms with Crippen LogP contribution in [0.25, 0.3) is 22.0 Å². The Morgan fingerprint density at radius 2 is 1.67 bits per heavy atom. The Kier molecular flexibility index (Phi) is 2.61. The van der Waals surface area contributed by atoms with Crippen molar-refractivity contribution in [3.8, 4) is 11.1 Å². The number of hydrogen-bond donors (Lipinski definition) is 0. The summed E-state index contributed by atoms with van der Waals surface area (Å²) in [4.78, 5) is 15.1. The number of nitrogens with zero attached hydrogens (tertiary/aromatic N) is 1. The minimum absolute atomic E-state index is 0.339. The average Bonchev–Trinajstić information content (AvgIpc) is 2.47. The van der Waals surface area contributed by atoms with Crippen molar-refractivity contribution in [3.05, 3.63) is 66.4 Å². The maximum atomic E-state index is 10.7. The van der Waals surface area contributed by atoms with Gasteiger partial charge in [0.05, 0.1) is 5.52 Å². The Morgan fingerprint density at radius 1 is 0.833 bits per heavy atom. The predicted octanol–water partition coefficient (Wildman–Crippen LogP) is 3.36. The molecule has 0 saturated carbocycles. The first-order chi connectivity index (χ1) is 8.88. The predicted molar refractivity (Wildman–Crippen MR) is 72.0 cm³/mol. The summed E-state index contributed by atoms with van der Waals surface area (Å²) in [6.07, 6.45) is 1.84. The molecule has 0 aliphatic heterocycles. The molecule has 0 fully saturated rings. The van der Waals surface area contributed by atoms with Gasteiger partial charge in [0.15, 0.2) is 0 Å². The van der Waals surface area contributed by atoms with Crippen LogP contribution in [0.5, 0.6) is 0 Å². The molecule has 0 N–H and O–H groups in total. The SMILES string of the molecule is O=[C]c1ccc2cccc(-c3ccccc3)c2n1. The van der Waals surface area contributed by atoms with Crippen LogP contribution < -0.4 is 0 Å². The number of rotatable bonds is 2. The molecule has 3 rings (SSSR count). The lowest BCUT2D eigenvalue weighted by Crippen LogP contribution is -1.90. The number of carbonyl (C=O) groups excluding carboxylic acids is 1. The normalized spacial score (nSPS) is 10.4. The maximum Gasteiger partial charge on any atom is 0.253 e. The van der Waals surface area contributed by atoms with Gasteiger partial charge in [0.1, 0.15) is 5.69 Å². The number of fused-ring (bicyclic) bond motifs is 1. The summed E-state index contributed by atoms with van der Waals surface area (Å²) in [5, 5.41) is 1.02. The topological polar surface area (TPSA) is 30.0 Å². The van der Waals surface area contributed by atoms with Crippen LogP contribution in [0, 0.1) is 0 Å². The highest BCUT2D eigenvalue weighted by Crippen LogP contribution is 2.26. The Bertz CT molecular complexity index is 705. The lowest BCUT2D eigenvalue weighted by molar-refractivity contribution is 0.561. The molecular formula is C16H10NO. The van der Waals surface area contributed by atoms with Crippen LogP contribution in [-0.4, -0.2) is 11.3 Å². The molecule has 2 aromatic carbocycles. The summed E-state index contributed by atoms with van der Waals surface area (Å²) >= 11 is 0. The summed E-state index contributed by atoms with van der Waals surface area (Å²) in [6, 6.07) is 19.6. The van der Waals surface area contributed by atoms with E-state index in [4.69, 9.17) is 0 Å². The second-order valence-corrected chi connectivity index (χ2v) is 4.04. The molecule has 1 radical (unpaired) electrons. The Morgan fingerprint density at radius 3 is 2.44 bits per heavy atom. The van der Waals surface area contributed by atoms with Crippen molar-refractivity contribution in [2.24, 2.45) is 0 Å².